The lowest BCUT2D eigenvalue weighted by Crippen LogP contribution is -2.13. The first-order chi connectivity index (χ1) is 7.73. The average molecular weight is 223 g/mol. The van der Waals surface area contributed by atoms with E-state index < -0.39 is 0 Å². The van der Waals surface area contributed by atoms with Crippen LogP contribution in [0, 0.1) is 0 Å². The first kappa shape index (κ1) is 13.2. The van der Waals surface area contributed by atoms with E-state index in [1.54, 1.807) is 0 Å². The number of aromatic nitrogens is 2. The Labute approximate surface area is 99.0 Å². The highest BCUT2D eigenvalue weighted by atomic mass is 15.3. The zero-order valence-electron chi connectivity index (χ0n) is 11.1. The van der Waals surface area contributed by atoms with E-state index in [9.17, 15) is 0 Å². The maximum Gasteiger partial charge on any atom is 0.0669 e. The molecule has 0 radical (unpaired) electrons. The Balaban J connectivity index is 3.22. The van der Waals surface area contributed by atoms with Gasteiger partial charge in [-0.15, -0.1) is 0 Å². The Hall–Kier alpha value is -0.830. The summed E-state index contributed by atoms with van der Waals surface area (Å²) >= 11 is 0. The molecule has 1 rings (SSSR count). The summed E-state index contributed by atoms with van der Waals surface area (Å²) < 4.78 is 2.22. The van der Waals surface area contributed by atoms with E-state index in [-0.39, 0.29) is 0 Å². The van der Waals surface area contributed by atoms with Crippen LogP contribution in [0.2, 0.25) is 0 Å². The third kappa shape index (κ3) is 2.29. The number of rotatable bonds is 6. The van der Waals surface area contributed by atoms with E-state index in [1.165, 1.54) is 17.0 Å². The molecule has 0 atom stereocenters. The summed E-state index contributed by atoms with van der Waals surface area (Å²) in [6.07, 6.45) is 4.28. The van der Waals surface area contributed by atoms with Crippen molar-refractivity contribution in [2.45, 2.75) is 66.0 Å². The summed E-state index contributed by atoms with van der Waals surface area (Å²) in [7, 11) is 0. The first-order valence-corrected chi connectivity index (χ1v) is 6.52. The molecule has 0 spiro atoms. The van der Waals surface area contributed by atoms with Gasteiger partial charge in [0.2, 0.25) is 0 Å². The largest absolute Gasteiger partial charge is 0.326 e. The summed E-state index contributed by atoms with van der Waals surface area (Å²) in [6, 6.07) is 0.528. The molecular weight excluding hydrogens is 198 g/mol. The van der Waals surface area contributed by atoms with Gasteiger partial charge in [0, 0.05) is 17.8 Å². The fraction of sp³-hybridized carbons (Fsp3) is 0.769. The molecule has 0 unspecified atom stereocenters. The normalized spacial score (nSPS) is 11.4. The van der Waals surface area contributed by atoms with Gasteiger partial charge in [0.25, 0.3) is 0 Å². The van der Waals surface area contributed by atoms with E-state index in [4.69, 9.17) is 10.8 Å². The van der Waals surface area contributed by atoms with E-state index in [1.807, 2.05) is 0 Å². The van der Waals surface area contributed by atoms with E-state index in [2.05, 4.69) is 32.4 Å². The molecule has 16 heavy (non-hydrogen) atoms. The molecule has 92 valence electrons. The smallest absolute Gasteiger partial charge is 0.0669 e. The molecule has 0 amide bonds. The molecule has 0 aromatic carbocycles. The maximum absolute atomic E-state index is 5.85. The standard InChI is InChI=1S/C13H25N3/c1-5-10(6-2)16-13(8-4)11(9-14)12(7-3)15-16/h10H,5-9,14H2,1-4H3. The van der Waals surface area contributed by atoms with Crippen molar-refractivity contribution in [2.24, 2.45) is 5.73 Å². The van der Waals surface area contributed by atoms with Crippen LogP contribution in [0.4, 0.5) is 0 Å². The highest BCUT2D eigenvalue weighted by Crippen LogP contribution is 2.23. The summed E-state index contributed by atoms with van der Waals surface area (Å²) in [5.74, 6) is 0. The average Bonchev–Trinajstić information content (AvgIpc) is 2.68. The molecule has 1 heterocycles. The number of aryl methyl sites for hydroxylation is 1. The maximum atomic E-state index is 5.85. The van der Waals surface area contributed by atoms with Crippen LogP contribution in [0.15, 0.2) is 0 Å². The van der Waals surface area contributed by atoms with Crippen LogP contribution in [0.1, 0.15) is 63.5 Å². The third-order valence-corrected chi connectivity index (χ3v) is 3.36. The quantitative estimate of drug-likeness (QED) is 0.806. The van der Waals surface area contributed by atoms with Gasteiger partial charge in [-0.3, -0.25) is 4.68 Å². The van der Waals surface area contributed by atoms with Gasteiger partial charge in [0.1, 0.15) is 0 Å². The molecule has 3 nitrogen and oxygen atoms in total. The zero-order chi connectivity index (χ0) is 12.1. The van der Waals surface area contributed by atoms with Gasteiger partial charge in [0.15, 0.2) is 0 Å². The van der Waals surface area contributed by atoms with Gasteiger partial charge < -0.3 is 5.73 Å². The highest BCUT2D eigenvalue weighted by Gasteiger charge is 2.18. The molecular formula is C13H25N3. The molecule has 0 aliphatic heterocycles. The van der Waals surface area contributed by atoms with Gasteiger partial charge in [-0.1, -0.05) is 27.7 Å². The topological polar surface area (TPSA) is 43.8 Å². The zero-order valence-corrected chi connectivity index (χ0v) is 11.1. The summed E-state index contributed by atoms with van der Waals surface area (Å²) in [6.45, 7) is 9.41. The Morgan fingerprint density at radius 3 is 2.12 bits per heavy atom. The monoisotopic (exact) mass is 223 g/mol. The molecule has 0 bridgehead atoms. The molecule has 0 aliphatic carbocycles. The fourth-order valence-electron chi connectivity index (χ4n) is 2.39. The van der Waals surface area contributed by atoms with Gasteiger partial charge >= 0.3 is 0 Å². The molecule has 0 aliphatic rings. The first-order valence-electron chi connectivity index (χ1n) is 6.52. The second kappa shape index (κ2) is 6.04. The number of nitrogens with two attached hydrogens (primary N) is 1. The fourth-order valence-corrected chi connectivity index (χ4v) is 2.39. The van der Waals surface area contributed by atoms with Crippen LogP contribution in [-0.4, -0.2) is 9.78 Å². The minimum absolute atomic E-state index is 0.528. The molecule has 0 saturated carbocycles. The predicted molar refractivity (Wildman–Crippen MR) is 68.5 cm³/mol. The minimum Gasteiger partial charge on any atom is -0.326 e. The van der Waals surface area contributed by atoms with Crippen molar-refractivity contribution < 1.29 is 0 Å². The van der Waals surface area contributed by atoms with Crippen LogP contribution >= 0.6 is 0 Å². The van der Waals surface area contributed by atoms with Gasteiger partial charge in [0.05, 0.1) is 11.7 Å². The Bertz CT molecular complexity index is 324. The van der Waals surface area contributed by atoms with Crippen LogP contribution in [0.5, 0.6) is 0 Å². The molecule has 1 aromatic heterocycles. The van der Waals surface area contributed by atoms with Crippen LogP contribution < -0.4 is 5.73 Å². The minimum atomic E-state index is 0.528. The number of hydrogen-bond acceptors (Lipinski definition) is 2. The highest BCUT2D eigenvalue weighted by molar-refractivity contribution is 5.27. The number of hydrogen-bond donors (Lipinski definition) is 1. The Kier molecular flexibility index (Phi) is 5.00. The van der Waals surface area contributed by atoms with Crippen molar-refractivity contribution in [1.29, 1.82) is 0 Å². The van der Waals surface area contributed by atoms with E-state index in [0.717, 1.165) is 25.7 Å². The van der Waals surface area contributed by atoms with Crippen LogP contribution in [-0.2, 0) is 19.4 Å². The lowest BCUT2D eigenvalue weighted by molar-refractivity contribution is 0.413. The third-order valence-electron chi connectivity index (χ3n) is 3.36. The SMILES string of the molecule is CCc1nn(C(CC)CC)c(CC)c1CN. The summed E-state index contributed by atoms with van der Waals surface area (Å²) in [5, 5.41) is 4.75. The van der Waals surface area contributed by atoms with Gasteiger partial charge in [-0.05, 0) is 25.7 Å². The van der Waals surface area contributed by atoms with Crippen molar-refractivity contribution in [1.82, 2.24) is 9.78 Å². The lowest BCUT2D eigenvalue weighted by Gasteiger charge is -2.16. The second-order valence-corrected chi connectivity index (χ2v) is 4.20. The van der Waals surface area contributed by atoms with Crippen molar-refractivity contribution in [2.75, 3.05) is 0 Å². The van der Waals surface area contributed by atoms with Gasteiger partial charge in [-0.2, -0.15) is 5.10 Å². The van der Waals surface area contributed by atoms with Gasteiger partial charge in [-0.25, -0.2) is 0 Å². The molecule has 0 fully saturated rings. The van der Waals surface area contributed by atoms with Crippen molar-refractivity contribution in [3.63, 3.8) is 0 Å². The summed E-state index contributed by atoms with van der Waals surface area (Å²) in [4.78, 5) is 0. The number of nitrogens with zero attached hydrogens (tertiary/aromatic N) is 2. The lowest BCUT2D eigenvalue weighted by atomic mass is 10.1. The Morgan fingerprint density at radius 1 is 1.12 bits per heavy atom. The van der Waals surface area contributed by atoms with E-state index >= 15 is 0 Å². The second-order valence-electron chi connectivity index (χ2n) is 4.20. The molecule has 3 heteroatoms. The van der Waals surface area contributed by atoms with Crippen LogP contribution in [0.25, 0.3) is 0 Å². The molecule has 0 saturated heterocycles. The van der Waals surface area contributed by atoms with E-state index in [0.29, 0.717) is 12.6 Å². The van der Waals surface area contributed by atoms with Crippen molar-refractivity contribution >= 4 is 0 Å². The van der Waals surface area contributed by atoms with Crippen molar-refractivity contribution in [3.8, 4) is 0 Å². The van der Waals surface area contributed by atoms with Crippen molar-refractivity contribution in [3.05, 3.63) is 17.0 Å². The predicted octanol–water partition coefficient (Wildman–Crippen LogP) is 2.83. The molecule has 2 N–H and O–H groups in total. The molecule has 1 aromatic rings. The van der Waals surface area contributed by atoms with Crippen LogP contribution in [0.3, 0.4) is 0 Å². The Morgan fingerprint density at radius 2 is 1.75 bits per heavy atom. The summed E-state index contributed by atoms with van der Waals surface area (Å²) in [5.41, 5.74) is 9.65.